The quantitative estimate of drug-likeness (QED) is 0.409. The summed E-state index contributed by atoms with van der Waals surface area (Å²) in [5.74, 6) is -1.91. The fraction of sp³-hybridized carbons (Fsp3) is 0.125. The number of hydrogen-bond donors (Lipinski definition) is 1. The maximum atomic E-state index is 12.9. The van der Waals surface area contributed by atoms with Gasteiger partial charge in [0.05, 0.1) is 34.5 Å². The minimum absolute atomic E-state index is 0.0232. The lowest BCUT2D eigenvalue weighted by molar-refractivity contribution is -0.119. The smallest absolute Gasteiger partial charge is 0.338 e. The van der Waals surface area contributed by atoms with Gasteiger partial charge in [-0.1, -0.05) is 0 Å². The molecular formula is C24H17N3O6S. The lowest BCUT2D eigenvalue weighted by Crippen LogP contribution is -2.29. The summed E-state index contributed by atoms with van der Waals surface area (Å²) < 4.78 is 10.4. The number of nitrogens with one attached hydrogen (secondary N) is 1. The molecule has 0 saturated carbocycles. The number of ether oxygens (including phenoxy) is 2. The molecule has 1 aliphatic heterocycles. The van der Waals surface area contributed by atoms with Gasteiger partial charge in [-0.25, -0.2) is 9.69 Å². The van der Waals surface area contributed by atoms with E-state index in [1.807, 2.05) is 13.0 Å². The molecule has 3 aromatic rings. The highest BCUT2D eigenvalue weighted by atomic mass is 32.1. The van der Waals surface area contributed by atoms with Crippen molar-refractivity contribution in [1.82, 2.24) is 0 Å². The van der Waals surface area contributed by atoms with Gasteiger partial charge < -0.3 is 14.8 Å². The molecular weight excluding hydrogens is 458 g/mol. The van der Waals surface area contributed by atoms with Crippen LogP contribution in [0.15, 0.2) is 53.9 Å². The highest BCUT2D eigenvalue weighted by Gasteiger charge is 2.37. The van der Waals surface area contributed by atoms with Gasteiger partial charge in [-0.3, -0.25) is 14.4 Å². The van der Waals surface area contributed by atoms with Crippen molar-refractivity contribution in [3.8, 4) is 11.8 Å². The van der Waals surface area contributed by atoms with Crippen molar-refractivity contribution in [3.63, 3.8) is 0 Å². The van der Waals surface area contributed by atoms with E-state index in [4.69, 9.17) is 14.7 Å². The van der Waals surface area contributed by atoms with E-state index in [9.17, 15) is 19.2 Å². The molecule has 1 aromatic heterocycles. The van der Waals surface area contributed by atoms with Crippen molar-refractivity contribution in [2.75, 3.05) is 23.4 Å². The number of amides is 3. The Labute approximate surface area is 198 Å². The summed E-state index contributed by atoms with van der Waals surface area (Å²) in [5.41, 5.74) is 0.935. The second kappa shape index (κ2) is 9.56. The molecule has 3 amide bonds. The van der Waals surface area contributed by atoms with Crippen LogP contribution in [0.5, 0.6) is 5.75 Å². The van der Waals surface area contributed by atoms with Crippen molar-refractivity contribution in [2.24, 2.45) is 0 Å². The van der Waals surface area contributed by atoms with Crippen LogP contribution in [0.2, 0.25) is 0 Å². The molecule has 0 bridgehead atoms. The van der Waals surface area contributed by atoms with E-state index in [1.54, 1.807) is 35.7 Å². The van der Waals surface area contributed by atoms with Gasteiger partial charge in [-0.2, -0.15) is 5.26 Å². The van der Waals surface area contributed by atoms with Gasteiger partial charge in [0.2, 0.25) is 0 Å². The summed E-state index contributed by atoms with van der Waals surface area (Å²) in [6.07, 6.45) is 0. The zero-order valence-electron chi connectivity index (χ0n) is 17.9. The van der Waals surface area contributed by atoms with E-state index in [0.717, 1.165) is 4.90 Å². The van der Waals surface area contributed by atoms with Gasteiger partial charge in [0, 0.05) is 0 Å². The fourth-order valence-corrected chi connectivity index (χ4v) is 4.09. The first kappa shape index (κ1) is 22.7. The van der Waals surface area contributed by atoms with Gasteiger partial charge in [0.1, 0.15) is 16.8 Å². The first-order chi connectivity index (χ1) is 16.4. The summed E-state index contributed by atoms with van der Waals surface area (Å²) in [6.45, 7) is 1.76. The van der Waals surface area contributed by atoms with Crippen molar-refractivity contribution in [2.45, 2.75) is 6.92 Å². The molecule has 170 valence electrons. The van der Waals surface area contributed by atoms with Crippen LogP contribution >= 0.6 is 11.3 Å². The van der Waals surface area contributed by atoms with E-state index < -0.39 is 30.3 Å². The van der Waals surface area contributed by atoms with Crippen LogP contribution in [0.25, 0.3) is 0 Å². The largest absolute Gasteiger partial charge is 0.494 e. The molecule has 10 heteroatoms. The van der Waals surface area contributed by atoms with Crippen molar-refractivity contribution >= 4 is 45.7 Å². The second-order valence-corrected chi connectivity index (χ2v) is 7.95. The number of nitrogens with zero attached hydrogens (tertiary/aromatic N) is 2. The summed E-state index contributed by atoms with van der Waals surface area (Å²) >= 11 is 1.17. The zero-order valence-corrected chi connectivity index (χ0v) is 18.7. The van der Waals surface area contributed by atoms with Gasteiger partial charge in [-0.15, -0.1) is 11.3 Å². The molecule has 2 heterocycles. The number of thiophene rings is 1. The van der Waals surface area contributed by atoms with Crippen LogP contribution in [0.4, 0.5) is 10.7 Å². The number of rotatable bonds is 7. The fourth-order valence-electron chi connectivity index (χ4n) is 3.33. The third kappa shape index (κ3) is 4.37. The summed E-state index contributed by atoms with van der Waals surface area (Å²) in [5, 5.41) is 13.5. The van der Waals surface area contributed by atoms with E-state index in [2.05, 4.69) is 5.32 Å². The molecule has 0 unspecified atom stereocenters. The Hall–Kier alpha value is -4.49. The number of hydrogen-bond acceptors (Lipinski definition) is 8. The topological polar surface area (TPSA) is 126 Å². The Kier molecular flexibility index (Phi) is 6.38. The molecule has 34 heavy (non-hydrogen) atoms. The lowest BCUT2D eigenvalue weighted by atomic mass is 10.1. The predicted octanol–water partition coefficient (Wildman–Crippen LogP) is 3.61. The Bertz CT molecular complexity index is 1340. The van der Waals surface area contributed by atoms with Gasteiger partial charge in [-0.05, 0) is 60.8 Å². The van der Waals surface area contributed by atoms with Crippen molar-refractivity contribution in [3.05, 3.63) is 76.2 Å². The van der Waals surface area contributed by atoms with Crippen LogP contribution in [0.1, 0.15) is 43.6 Å². The van der Waals surface area contributed by atoms with Crippen LogP contribution in [0, 0.1) is 11.3 Å². The average molecular weight is 475 g/mol. The lowest BCUT2D eigenvalue weighted by Gasteiger charge is -2.14. The molecule has 0 fully saturated rings. The Morgan fingerprint density at radius 3 is 2.50 bits per heavy atom. The number of imide groups is 1. The first-order valence-corrected chi connectivity index (χ1v) is 11.0. The normalized spacial score (nSPS) is 12.2. The second-order valence-electron chi connectivity index (χ2n) is 7.03. The highest BCUT2D eigenvalue weighted by molar-refractivity contribution is 7.14. The standard InChI is InChI=1S/C24H17N3O6S/c1-2-32-17-6-4-16(5-7-17)27-22(29)18-8-3-14(11-19(18)23(27)30)24(31)33-13-20(28)26-21-15(12-25)9-10-34-21/h3-11H,2,13H2,1H3,(H,26,28). The molecule has 1 aliphatic rings. The van der Waals surface area contributed by atoms with Gasteiger partial charge >= 0.3 is 5.97 Å². The zero-order chi connectivity index (χ0) is 24.2. The molecule has 0 saturated heterocycles. The Morgan fingerprint density at radius 1 is 1.06 bits per heavy atom. The molecule has 4 rings (SSSR count). The number of carbonyl (C=O) groups is 4. The summed E-state index contributed by atoms with van der Waals surface area (Å²) in [4.78, 5) is 51.2. The minimum Gasteiger partial charge on any atom is -0.494 e. The number of carbonyl (C=O) groups excluding carboxylic acids is 4. The number of fused-ring (bicyclic) bond motifs is 1. The third-order valence-corrected chi connectivity index (χ3v) is 5.73. The van der Waals surface area contributed by atoms with Crippen LogP contribution in [-0.4, -0.2) is 36.9 Å². The number of benzene rings is 2. The number of esters is 1. The molecule has 0 radical (unpaired) electrons. The average Bonchev–Trinajstić information content (AvgIpc) is 3.39. The number of nitriles is 1. The van der Waals surface area contributed by atoms with Gasteiger partial charge in [0.25, 0.3) is 17.7 Å². The van der Waals surface area contributed by atoms with Crippen LogP contribution < -0.4 is 15.0 Å². The summed E-state index contributed by atoms with van der Waals surface area (Å²) in [6, 6.07) is 14.0. The monoisotopic (exact) mass is 475 g/mol. The highest BCUT2D eigenvalue weighted by Crippen LogP contribution is 2.30. The summed E-state index contributed by atoms with van der Waals surface area (Å²) in [7, 11) is 0. The maximum Gasteiger partial charge on any atom is 0.338 e. The van der Waals surface area contributed by atoms with E-state index >= 15 is 0 Å². The maximum absolute atomic E-state index is 12.9. The van der Waals surface area contributed by atoms with Crippen LogP contribution in [0.3, 0.4) is 0 Å². The molecule has 1 N–H and O–H groups in total. The van der Waals surface area contributed by atoms with E-state index in [1.165, 1.54) is 29.5 Å². The SMILES string of the molecule is CCOc1ccc(N2C(=O)c3ccc(C(=O)OCC(=O)Nc4sccc4C#N)cc3C2=O)cc1. The molecule has 0 aliphatic carbocycles. The minimum atomic E-state index is -0.829. The van der Waals surface area contributed by atoms with Gasteiger partial charge in [0.15, 0.2) is 6.61 Å². The third-order valence-electron chi connectivity index (χ3n) is 4.90. The van der Waals surface area contributed by atoms with Crippen molar-refractivity contribution < 1.29 is 28.7 Å². The number of anilines is 2. The Balaban J connectivity index is 1.44. The van der Waals surface area contributed by atoms with E-state index in [0.29, 0.717) is 28.6 Å². The first-order valence-electron chi connectivity index (χ1n) is 10.1. The van der Waals surface area contributed by atoms with Crippen LogP contribution in [-0.2, 0) is 9.53 Å². The molecule has 0 spiro atoms. The Morgan fingerprint density at radius 2 is 1.79 bits per heavy atom. The van der Waals surface area contributed by atoms with Crippen molar-refractivity contribution in [1.29, 1.82) is 5.26 Å². The predicted molar refractivity (Wildman–Crippen MR) is 123 cm³/mol. The van der Waals surface area contributed by atoms with E-state index in [-0.39, 0.29) is 16.7 Å². The molecule has 9 nitrogen and oxygen atoms in total. The molecule has 2 aromatic carbocycles. The molecule has 0 atom stereocenters.